The fraction of sp³-hybridized carbons (Fsp3) is 0.333. The standard InChI is InChI=1S/C15H15N3O/c1-2-10-5-7-19-15(10)11(3-1)14-12-8-16-6-4-13(12)17-9-18-14/h1-3,9,16H,4-8H2. The predicted molar refractivity (Wildman–Crippen MR) is 72.1 cm³/mol. The second-order valence-corrected chi connectivity index (χ2v) is 4.97. The Morgan fingerprint density at radius 1 is 1.16 bits per heavy atom. The molecule has 0 fully saturated rings. The van der Waals surface area contributed by atoms with Crippen LogP contribution in [0.4, 0.5) is 0 Å². The summed E-state index contributed by atoms with van der Waals surface area (Å²) in [4.78, 5) is 8.92. The summed E-state index contributed by atoms with van der Waals surface area (Å²) in [5.74, 6) is 1.01. The lowest BCUT2D eigenvalue weighted by molar-refractivity contribution is 0.358. The maximum absolute atomic E-state index is 5.79. The normalized spacial score (nSPS) is 16.6. The molecule has 0 saturated carbocycles. The lowest BCUT2D eigenvalue weighted by Gasteiger charge is -2.19. The van der Waals surface area contributed by atoms with Gasteiger partial charge in [0.1, 0.15) is 12.1 Å². The van der Waals surface area contributed by atoms with Crippen LogP contribution in [-0.4, -0.2) is 23.1 Å². The first-order valence-corrected chi connectivity index (χ1v) is 6.72. The van der Waals surface area contributed by atoms with Crippen LogP contribution in [0.15, 0.2) is 24.5 Å². The van der Waals surface area contributed by atoms with E-state index in [-0.39, 0.29) is 0 Å². The molecule has 4 rings (SSSR count). The Hall–Kier alpha value is -1.94. The minimum absolute atomic E-state index is 0.776. The highest BCUT2D eigenvalue weighted by atomic mass is 16.5. The third kappa shape index (κ3) is 1.71. The summed E-state index contributed by atoms with van der Waals surface area (Å²) in [6, 6.07) is 6.33. The quantitative estimate of drug-likeness (QED) is 0.840. The van der Waals surface area contributed by atoms with Crippen molar-refractivity contribution in [2.45, 2.75) is 19.4 Å². The monoisotopic (exact) mass is 253 g/mol. The summed E-state index contributed by atoms with van der Waals surface area (Å²) in [6.45, 7) is 2.61. The lowest BCUT2D eigenvalue weighted by atomic mass is 9.98. The summed E-state index contributed by atoms with van der Waals surface area (Å²) in [5.41, 5.74) is 5.80. The zero-order valence-corrected chi connectivity index (χ0v) is 10.6. The van der Waals surface area contributed by atoms with Gasteiger partial charge in [0.25, 0.3) is 0 Å². The Kier molecular flexibility index (Phi) is 2.48. The molecule has 3 heterocycles. The van der Waals surface area contributed by atoms with Gasteiger partial charge in [0.15, 0.2) is 0 Å². The molecule has 2 aromatic rings. The van der Waals surface area contributed by atoms with Crippen LogP contribution in [0.5, 0.6) is 5.75 Å². The minimum Gasteiger partial charge on any atom is -0.492 e. The van der Waals surface area contributed by atoms with E-state index in [1.165, 1.54) is 16.8 Å². The van der Waals surface area contributed by atoms with Crippen LogP contribution >= 0.6 is 0 Å². The van der Waals surface area contributed by atoms with Crippen LogP contribution in [0.2, 0.25) is 0 Å². The topological polar surface area (TPSA) is 47.0 Å². The molecular formula is C15H15N3O. The Bertz CT molecular complexity index is 639. The number of para-hydroxylation sites is 1. The molecule has 4 heteroatoms. The van der Waals surface area contributed by atoms with E-state index in [1.54, 1.807) is 6.33 Å². The van der Waals surface area contributed by atoms with Crippen LogP contribution < -0.4 is 10.1 Å². The van der Waals surface area contributed by atoms with Crippen LogP contribution in [0.3, 0.4) is 0 Å². The first-order chi connectivity index (χ1) is 9.43. The van der Waals surface area contributed by atoms with Crippen molar-refractivity contribution in [1.29, 1.82) is 0 Å². The van der Waals surface area contributed by atoms with Crippen molar-refractivity contribution < 1.29 is 4.74 Å². The van der Waals surface area contributed by atoms with Crippen LogP contribution in [-0.2, 0) is 19.4 Å². The lowest BCUT2D eigenvalue weighted by Crippen LogP contribution is -2.25. The van der Waals surface area contributed by atoms with Crippen LogP contribution in [0, 0.1) is 0 Å². The number of ether oxygens (including phenoxy) is 1. The van der Waals surface area contributed by atoms with Gasteiger partial charge in [-0.3, -0.25) is 0 Å². The molecule has 0 radical (unpaired) electrons. The van der Waals surface area contributed by atoms with Gasteiger partial charge in [0.2, 0.25) is 0 Å². The predicted octanol–water partition coefficient (Wildman–Crippen LogP) is 1.72. The van der Waals surface area contributed by atoms with E-state index in [1.807, 2.05) is 0 Å². The van der Waals surface area contributed by atoms with Crippen LogP contribution in [0.25, 0.3) is 11.3 Å². The van der Waals surface area contributed by atoms with E-state index in [2.05, 4.69) is 33.5 Å². The van der Waals surface area contributed by atoms with Gasteiger partial charge in [0, 0.05) is 37.1 Å². The van der Waals surface area contributed by atoms with E-state index >= 15 is 0 Å². The van der Waals surface area contributed by atoms with Gasteiger partial charge in [0.05, 0.1) is 18.0 Å². The molecule has 19 heavy (non-hydrogen) atoms. The number of fused-ring (bicyclic) bond motifs is 2. The van der Waals surface area contributed by atoms with Crippen molar-refractivity contribution in [3.63, 3.8) is 0 Å². The smallest absolute Gasteiger partial charge is 0.132 e. The number of nitrogens with one attached hydrogen (secondary N) is 1. The Morgan fingerprint density at radius 3 is 3.16 bits per heavy atom. The number of rotatable bonds is 1. The highest BCUT2D eigenvalue weighted by Gasteiger charge is 2.22. The van der Waals surface area contributed by atoms with E-state index in [0.717, 1.165) is 49.5 Å². The highest BCUT2D eigenvalue weighted by molar-refractivity contribution is 5.73. The van der Waals surface area contributed by atoms with Gasteiger partial charge in [-0.2, -0.15) is 0 Å². The van der Waals surface area contributed by atoms with E-state index in [9.17, 15) is 0 Å². The van der Waals surface area contributed by atoms with Gasteiger partial charge < -0.3 is 10.1 Å². The molecule has 0 bridgehead atoms. The molecule has 4 nitrogen and oxygen atoms in total. The number of aromatic nitrogens is 2. The molecule has 1 aromatic heterocycles. The second-order valence-electron chi connectivity index (χ2n) is 4.97. The molecule has 0 unspecified atom stereocenters. The van der Waals surface area contributed by atoms with Crippen molar-refractivity contribution in [2.75, 3.05) is 13.2 Å². The van der Waals surface area contributed by atoms with Gasteiger partial charge in [-0.1, -0.05) is 12.1 Å². The molecule has 0 atom stereocenters. The Morgan fingerprint density at radius 2 is 2.16 bits per heavy atom. The minimum atomic E-state index is 0.776. The summed E-state index contributed by atoms with van der Waals surface area (Å²) in [6.07, 6.45) is 3.64. The number of hydrogen-bond donors (Lipinski definition) is 1. The fourth-order valence-electron chi connectivity index (χ4n) is 2.90. The summed E-state index contributed by atoms with van der Waals surface area (Å²) in [5, 5.41) is 3.40. The molecule has 0 spiro atoms. The average molecular weight is 253 g/mol. The van der Waals surface area contributed by atoms with Crippen molar-refractivity contribution in [2.24, 2.45) is 0 Å². The molecule has 2 aliphatic rings. The average Bonchev–Trinajstić information content (AvgIpc) is 2.95. The van der Waals surface area contributed by atoms with Gasteiger partial charge in [-0.25, -0.2) is 9.97 Å². The molecule has 1 N–H and O–H groups in total. The number of nitrogens with zero attached hydrogens (tertiary/aromatic N) is 2. The summed E-state index contributed by atoms with van der Waals surface area (Å²) < 4.78 is 5.79. The molecule has 2 aliphatic heterocycles. The molecule has 1 aromatic carbocycles. The van der Waals surface area contributed by atoms with Crippen molar-refractivity contribution in [3.8, 4) is 17.0 Å². The maximum Gasteiger partial charge on any atom is 0.132 e. The van der Waals surface area contributed by atoms with Gasteiger partial charge in [-0.05, 0) is 11.6 Å². The third-order valence-corrected chi connectivity index (χ3v) is 3.84. The molecule has 0 aliphatic carbocycles. The van der Waals surface area contributed by atoms with Crippen molar-refractivity contribution >= 4 is 0 Å². The van der Waals surface area contributed by atoms with E-state index in [4.69, 9.17) is 4.74 Å². The molecular weight excluding hydrogens is 238 g/mol. The van der Waals surface area contributed by atoms with Crippen LogP contribution in [0.1, 0.15) is 16.8 Å². The number of hydrogen-bond acceptors (Lipinski definition) is 4. The zero-order valence-electron chi connectivity index (χ0n) is 10.6. The Labute approximate surface area is 111 Å². The van der Waals surface area contributed by atoms with Crippen molar-refractivity contribution in [1.82, 2.24) is 15.3 Å². The third-order valence-electron chi connectivity index (χ3n) is 3.84. The van der Waals surface area contributed by atoms with Gasteiger partial charge >= 0.3 is 0 Å². The second kappa shape index (κ2) is 4.31. The summed E-state index contributed by atoms with van der Waals surface area (Å²) in [7, 11) is 0. The van der Waals surface area contributed by atoms with E-state index < -0.39 is 0 Å². The largest absolute Gasteiger partial charge is 0.492 e. The van der Waals surface area contributed by atoms with Gasteiger partial charge in [-0.15, -0.1) is 0 Å². The summed E-state index contributed by atoms with van der Waals surface area (Å²) >= 11 is 0. The molecule has 96 valence electrons. The molecule has 0 saturated heterocycles. The van der Waals surface area contributed by atoms with E-state index in [0.29, 0.717) is 0 Å². The zero-order chi connectivity index (χ0) is 12.7. The van der Waals surface area contributed by atoms with Crippen molar-refractivity contribution in [3.05, 3.63) is 41.3 Å². The maximum atomic E-state index is 5.79. The number of benzene rings is 1. The first kappa shape index (κ1) is 10.9. The Balaban J connectivity index is 1.92. The SMILES string of the molecule is c1cc2c(c(-c3ncnc4c3CNCC4)c1)OCC2. The fourth-order valence-corrected chi connectivity index (χ4v) is 2.90. The first-order valence-electron chi connectivity index (χ1n) is 6.72. The highest BCUT2D eigenvalue weighted by Crippen LogP contribution is 2.37. The molecule has 0 amide bonds.